The predicted octanol–water partition coefficient (Wildman–Crippen LogP) is 3.73. The number of rotatable bonds is 7. The highest BCUT2D eigenvalue weighted by atomic mass is 16.4. The minimum atomic E-state index is -1.11. The van der Waals surface area contributed by atoms with Gasteiger partial charge >= 0.3 is 6.09 Å². The highest BCUT2D eigenvalue weighted by molar-refractivity contribution is 5.80. The molecule has 0 unspecified atom stereocenters. The molecule has 3 atom stereocenters. The fourth-order valence-electron chi connectivity index (χ4n) is 4.58. The molecule has 0 aliphatic carbocycles. The summed E-state index contributed by atoms with van der Waals surface area (Å²) in [6.07, 6.45) is 1.51. The Labute approximate surface area is 195 Å². The number of aromatic amines is 1. The summed E-state index contributed by atoms with van der Waals surface area (Å²) in [6.45, 7) is 9.76. The molecule has 1 fully saturated rings. The first kappa shape index (κ1) is 24.8. The minimum absolute atomic E-state index is 0.0923. The maximum Gasteiger partial charge on any atom is 0.405 e. The molecule has 4 N–H and O–H groups in total. The summed E-state index contributed by atoms with van der Waals surface area (Å²) in [6, 6.07) is 9.72. The molecule has 0 bridgehead atoms. The number of H-pyrrole nitrogens is 1. The van der Waals surface area contributed by atoms with Gasteiger partial charge < -0.3 is 25.4 Å². The second-order valence-electron chi connectivity index (χ2n) is 10.8. The fourth-order valence-corrected chi connectivity index (χ4v) is 4.58. The van der Waals surface area contributed by atoms with Gasteiger partial charge in [-0.1, -0.05) is 51.1 Å². The quantitative estimate of drug-likeness (QED) is 0.506. The van der Waals surface area contributed by atoms with Crippen molar-refractivity contribution < 1.29 is 19.8 Å². The van der Waals surface area contributed by atoms with Gasteiger partial charge in [0.2, 0.25) is 5.91 Å². The van der Waals surface area contributed by atoms with Gasteiger partial charge in [-0.2, -0.15) is 0 Å². The van der Waals surface area contributed by atoms with E-state index in [0.717, 1.165) is 11.3 Å². The average molecular weight is 457 g/mol. The van der Waals surface area contributed by atoms with Crippen molar-refractivity contribution in [3.05, 3.63) is 53.6 Å². The van der Waals surface area contributed by atoms with Gasteiger partial charge in [0.05, 0.1) is 12.1 Å². The third kappa shape index (κ3) is 6.35. The molecule has 2 aromatic rings. The summed E-state index contributed by atoms with van der Waals surface area (Å²) >= 11 is 0. The highest BCUT2D eigenvalue weighted by Crippen LogP contribution is 2.39. The van der Waals surface area contributed by atoms with Crippen LogP contribution in [-0.2, 0) is 11.2 Å². The number of nitrogens with one attached hydrogen (secondary N) is 2. The molecule has 0 saturated carbocycles. The zero-order valence-corrected chi connectivity index (χ0v) is 20.1. The number of aliphatic hydroxyl groups excluding tert-OH is 1. The summed E-state index contributed by atoms with van der Waals surface area (Å²) in [7, 11) is 0. The Morgan fingerprint density at radius 3 is 2.48 bits per heavy atom. The first-order chi connectivity index (χ1) is 15.4. The van der Waals surface area contributed by atoms with Gasteiger partial charge in [-0.15, -0.1) is 0 Å². The van der Waals surface area contributed by atoms with Crippen LogP contribution in [0, 0.1) is 11.3 Å². The number of hydrogen-bond acceptors (Lipinski definition) is 4. The zero-order chi connectivity index (χ0) is 24.4. The lowest BCUT2D eigenvalue weighted by atomic mass is 9.73. The van der Waals surface area contributed by atoms with Crippen molar-refractivity contribution in [3.63, 3.8) is 0 Å². The van der Waals surface area contributed by atoms with Gasteiger partial charge in [-0.25, -0.2) is 9.78 Å². The van der Waals surface area contributed by atoms with Crippen LogP contribution in [0.15, 0.2) is 36.5 Å². The van der Waals surface area contributed by atoms with Crippen LogP contribution >= 0.6 is 0 Å². The summed E-state index contributed by atoms with van der Waals surface area (Å²) in [4.78, 5) is 34.6. The predicted molar refractivity (Wildman–Crippen MR) is 126 cm³/mol. The minimum Gasteiger partial charge on any atom is -0.465 e. The molecule has 1 aromatic heterocycles. The summed E-state index contributed by atoms with van der Waals surface area (Å²) in [5.74, 6) is 0.137. The van der Waals surface area contributed by atoms with Crippen molar-refractivity contribution in [3.8, 4) is 0 Å². The van der Waals surface area contributed by atoms with Crippen molar-refractivity contribution in [2.45, 2.75) is 71.6 Å². The number of aliphatic hydroxyl groups is 1. The standard InChI is InChI=1S/C25H36N4O4/c1-24(2,3)19(13-25(4,5)28-23(32)33)22(31)29-15-18(30)12-20(29)21-26-14-17(27-21)11-16-9-7-6-8-10-16/h6-10,14,18-20,28,30H,11-13,15H2,1-5H3,(H,26,27)(H,32,33)/t18-,19-,20+/m1/s1. The second kappa shape index (κ2) is 9.55. The van der Waals surface area contributed by atoms with Crippen molar-refractivity contribution >= 4 is 12.0 Å². The number of hydrogen-bond donors (Lipinski definition) is 4. The van der Waals surface area contributed by atoms with E-state index < -0.39 is 29.1 Å². The third-order valence-electron chi connectivity index (χ3n) is 6.27. The molecule has 1 aliphatic rings. The number of aromatic nitrogens is 2. The topological polar surface area (TPSA) is 119 Å². The second-order valence-corrected chi connectivity index (χ2v) is 10.8. The number of carboxylic acid groups (broad SMARTS) is 1. The smallest absolute Gasteiger partial charge is 0.405 e. The van der Waals surface area contributed by atoms with Crippen LogP contribution in [0.1, 0.15) is 70.6 Å². The zero-order valence-electron chi connectivity index (χ0n) is 20.1. The van der Waals surface area contributed by atoms with Gasteiger partial charge in [0.1, 0.15) is 5.82 Å². The summed E-state index contributed by atoms with van der Waals surface area (Å²) < 4.78 is 0. The van der Waals surface area contributed by atoms with E-state index >= 15 is 0 Å². The van der Waals surface area contributed by atoms with Crippen molar-refractivity contribution in [1.82, 2.24) is 20.2 Å². The number of carbonyl (C=O) groups excluding carboxylic acids is 1. The number of β-amino-alcohol motifs (C(OH)–C–C–N with tert-alkyl or cyclic N) is 1. The number of amides is 2. The normalized spacial score (nSPS) is 20.0. The van der Waals surface area contributed by atoms with E-state index in [4.69, 9.17) is 0 Å². The highest BCUT2D eigenvalue weighted by Gasteiger charge is 2.44. The molecule has 2 amide bonds. The number of nitrogens with zero attached hydrogens (tertiary/aromatic N) is 2. The Morgan fingerprint density at radius 1 is 1.21 bits per heavy atom. The lowest BCUT2D eigenvalue weighted by Gasteiger charge is -2.39. The van der Waals surface area contributed by atoms with Crippen LogP contribution in [0.5, 0.6) is 0 Å². The van der Waals surface area contributed by atoms with Crippen LogP contribution in [0.25, 0.3) is 0 Å². The SMILES string of the molecule is CC(C)(C[C@H](C(=O)N1C[C@H](O)C[C@H]1c1ncc(Cc2ccccc2)[nH]1)C(C)(C)C)NC(=O)O. The molecule has 8 heteroatoms. The van der Waals surface area contributed by atoms with Crippen molar-refractivity contribution in [2.75, 3.05) is 6.54 Å². The molecule has 8 nitrogen and oxygen atoms in total. The van der Waals surface area contributed by atoms with Gasteiger partial charge in [0.15, 0.2) is 0 Å². The van der Waals surface area contributed by atoms with Gasteiger partial charge in [0.25, 0.3) is 0 Å². The molecular formula is C25H36N4O4. The van der Waals surface area contributed by atoms with Crippen molar-refractivity contribution in [1.29, 1.82) is 0 Å². The number of likely N-dealkylation sites (tertiary alicyclic amines) is 1. The van der Waals surface area contributed by atoms with Gasteiger partial charge in [-0.05, 0) is 31.2 Å². The van der Waals surface area contributed by atoms with E-state index in [0.29, 0.717) is 25.1 Å². The Bertz CT molecular complexity index is 964. The van der Waals surface area contributed by atoms with Crippen LogP contribution in [-0.4, -0.2) is 55.3 Å². The van der Waals surface area contributed by atoms with E-state index in [2.05, 4.69) is 27.4 Å². The van der Waals surface area contributed by atoms with E-state index in [9.17, 15) is 19.8 Å². The Hall–Kier alpha value is -2.87. The molecular weight excluding hydrogens is 420 g/mol. The Kier molecular flexibility index (Phi) is 7.17. The Morgan fingerprint density at radius 2 is 1.88 bits per heavy atom. The number of carbonyl (C=O) groups is 2. The molecule has 0 spiro atoms. The molecule has 180 valence electrons. The largest absolute Gasteiger partial charge is 0.465 e. The van der Waals surface area contributed by atoms with Gasteiger partial charge in [0, 0.05) is 42.7 Å². The Balaban J connectivity index is 1.82. The number of benzene rings is 1. The van der Waals surface area contributed by atoms with Gasteiger partial charge in [-0.3, -0.25) is 4.79 Å². The van der Waals surface area contributed by atoms with E-state index in [1.54, 1.807) is 24.9 Å². The number of imidazole rings is 1. The molecule has 0 radical (unpaired) electrons. The maximum atomic E-state index is 13.8. The lowest BCUT2D eigenvalue weighted by molar-refractivity contribution is -0.141. The lowest BCUT2D eigenvalue weighted by Crippen LogP contribution is -2.50. The van der Waals surface area contributed by atoms with Crippen LogP contribution in [0.3, 0.4) is 0 Å². The molecule has 1 aliphatic heterocycles. The van der Waals surface area contributed by atoms with E-state index in [-0.39, 0.29) is 18.5 Å². The van der Waals surface area contributed by atoms with E-state index in [1.165, 1.54) is 0 Å². The molecule has 1 aromatic carbocycles. The maximum absolute atomic E-state index is 13.8. The van der Waals surface area contributed by atoms with Crippen LogP contribution < -0.4 is 5.32 Å². The first-order valence-corrected chi connectivity index (χ1v) is 11.4. The third-order valence-corrected chi connectivity index (χ3v) is 6.27. The molecule has 33 heavy (non-hydrogen) atoms. The summed E-state index contributed by atoms with van der Waals surface area (Å²) in [5, 5.41) is 22.2. The average Bonchev–Trinajstić information content (AvgIpc) is 3.31. The summed E-state index contributed by atoms with van der Waals surface area (Å²) in [5.41, 5.74) is 0.937. The fraction of sp³-hybridized carbons (Fsp3) is 0.560. The molecule has 1 saturated heterocycles. The van der Waals surface area contributed by atoms with E-state index in [1.807, 2.05) is 39.0 Å². The first-order valence-electron chi connectivity index (χ1n) is 11.4. The monoisotopic (exact) mass is 456 g/mol. The molecule has 2 heterocycles. The van der Waals surface area contributed by atoms with Crippen LogP contribution in [0.2, 0.25) is 0 Å². The van der Waals surface area contributed by atoms with Crippen LogP contribution in [0.4, 0.5) is 4.79 Å². The van der Waals surface area contributed by atoms with Crippen molar-refractivity contribution in [2.24, 2.45) is 11.3 Å². The molecule has 3 rings (SSSR count).